The Hall–Kier alpha value is -1.83. The summed E-state index contributed by atoms with van der Waals surface area (Å²) in [6, 6.07) is 6.29. The molecule has 0 N–H and O–H groups in total. The molecule has 0 atom stereocenters. The highest BCUT2D eigenvalue weighted by atomic mass is 32.1. The zero-order chi connectivity index (χ0) is 13.7. The Morgan fingerprint density at radius 3 is 2.68 bits per heavy atom. The molecular formula is C12H12N2O4S. The summed E-state index contributed by atoms with van der Waals surface area (Å²) < 4.78 is 0. The number of thiazole rings is 1. The minimum Gasteiger partial charge on any atom is -0.258 e. The van der Waals surface area contributed by atoms with Crippen molar-refractivity contribution in [3.05, 3.63) is 44.8 Å². The SMILES string of the molecule is CCOOCc1nc(-c2ccc([N+](=O)[O-])cc2)cs1. The Morgan fingerprint density at radius 2 is 2.05 bits per heavy atom. The third-order valence-corrected chi connectivity index (χ3v) is 3.13. The topological polar surface area (TPSA) is 74.5 Å². The van der Waals surface area contributed by atoms with Gasteiger partial charge in [0.05, 0.1) is 17.2 Å². The lowest BCUT2D eigenvalue weighted by molar-refractivity contribution is -0.384. The lowest BCUT2D eigenvalue weighted by Gasteiger charge is -1.98. The van der Waals surface area contributed by atoms with Gasteiger partial charge < -0.3 is 0 Å². The zero-order valence-electron chi connectivity index (χ0n) is 10.2. The number of benzene rings is 1. The van der Waals surface area contributed by atoms with Gasteiger partial charge in [-0.25, -0.2) is 14.8 Å². The first-order valence-electron chi connectivity index (χ1n) is 5.64. The van der Waals surface area contributed by atoms with E-state index in [1.165, 1.54) is 23.5 Å². The molecule has 19 heavy (non-hydrogen) atoms. The maximum Gasteiger partial charge on any atom is 0.269 e. The van der Waals surface area contributed by atoms with Crippen LogP contribution in [0.5, 0.6) is 0 Å². The Labute approximate surface area is 113 Å². The first-order valence-corrected chi connectivity index (χ1v) is 6.52. The third-order valence-electron chi connectivity index (χ3n) is 2.31. The molecule has 0 unspecified atom stereocenters. The van der Waals surface area contributed by atoms with Gasteiger partial charge >= 0.3 is 0 Å². The second kappa shape index (κ2) is 6.37. The van der Waals surface area contributed by atoms with Crippen LogP contribution in [0.1, 0.15) is 11.9 Å². The molecule has 0 aliphatic rings. The largest absolute Gasteiger partial charge is 0.269 e. The van der Waals surface area contributed by atoms with E-state index in [4.69, 9.17) is 9.78 Å². The van der Waals surface area contributed by atoms with E-state index in [-0.39, 0.29) is 5.69 Å². The number of nitrogens with zero attached hydrogens (tertiary/aromatic N) is 2. The van der Waals surface area contributed by atoms with Gasteiger partial charge in [0, 0.05) is 23.1 Å². The van der Waals surface area contributed by atoms with Crippen LogP contribution in [-0.4, -0.2) is 16.5 Å². The van der Waals surface area contributed by atoms with Gasteiger partial charge in [0.15, 0.2) is 0 Å². The van der Waals surface area contributed by atoms with Crippen molar-refractivity contribution >= 4 is 17.0 Å². The van der Waals surface area contributed by atoms with E-state index in [2.05, 4.69) is 4.98 Å². The highest BCUT2D eigenvalue weighted by Gasteiger charge is 2.08. The lowest BCUT2D eigenvalue weighted by Crippen LogP contribution is -1.94. The van der Waals surface area contributed by atoms with E-state index in [0.29, 0.717) is 13.2 Å². The number of rotatable bonds is 6. The molecule has 1 aromatic carbocycles. The summed E-state index contributed by atoms with van der Waals surface area (Å²) in [7, 11) is 0. The van der Waals surface area contributed by atoms with Gasteiger partial charge in [0.1, 0.15) is 11.6 Å². The fourth-order valence-electron chi connectivity index (χ4n) is 1.44. The molecule has 0 fully saturated rings. The molecular weight excluding hydrogens is 268 g/mol. The minimum absolute atomic E-state index is 0.0684. The molecule has 0 amide bonds. The van der Waals surface area contributed by atoms with Crippen molar-refractivity contribution in [3.63, 3.8) is 0 Å². The monoisotopic (exact) mass is 280 g/mol. The van der Waals surface area contributed by atoms with Gasteiger partial charge in [0.25, 0.3) is 5.69 Å². The van der Waals surface area contributed by atoms with Crippen LogP contribution >= 0.6 is 11.3 Å². The molecule has 1 heterocycles. The number of aromatic nitrogens is 1. The van der Waals surface area contributed by atoms with Crippen LogP contribution < -0.4 is 0 Å². The Kier molecular flexibility index (Phi) is 4.56. The van der Waals surface area contributed by atoms with Crippen molar-refractivity contribution in [2.24, 2.45) is 0 Å². The minimum atomic E-state index is -0.424. The quantitative estimate of drug-likeness (QED) is 0.351. The first-order chi connectivity index (χ1) is 9.20. The van der Waals surface area contributed by atoms with E-state index < -0.39 is 4.92 Å². The van der Waals surface area contributed by atoms with Gasteiger partial charge in [-0.1, -0.05) is 0 Å². The van der Waals surface area contributed by atoms with Crippen molar-refractivity contribution < 1.29 is 14.7 Å². The predicted octanol–water partition coefficient (Wildman–Crippen LogP) is 3.19. The standard InChI is InChI=1S/C12H12N2O4S/c1-2-17-18-7-12-13-11(8-19-12)9-3-5-10(6-4-9)14(15)16/h3-6,8H,2,7H2,1H3. The summed E-state index contributed by atoms with van der Waals surface area (Å²) in [5.74, 6) is 0. The molecule has 7 heteroatoms. The van der Waals surface area contributed by atoms with E-state index in [0.717, 1.165) is 16.3 Å². The maximum atomic E-state index is 10.6. The van der Waals surface area contributed by atoms with E-state index >= 15 is 0 Å². The molecule has 0 aliphatic heterocycles. The van der Waals surface area contributed by atoms with Crippen LogP contribution in [0, 0.1) is 10.1 Å². The molecule has 2 rings (SSSR count). The van der Waals surface area contributed by atoms with Crippen molar-refractivity contribution in [2.75, 3.05) is 6.61 Å². The second-order valence-corrected chi connectivity index (χ2v) is 4.54. The average Bonchev–Trinajstić information content (AvgIpc) is 2.88. The normalized spacial score (nSPS) is 10.6. The highest BCUT2D eigenvalue weighted by Crippen LogP contribution is 2.24. The van der Waals surface area contributed by atoms with Gasteiger partial charge in [-0.05, 0) is 19.1 Å². The molecule has 0 bridgehead atoms. The highest BCUT2D eigenvalue weighted by molar-refractivity contribution is 7.09. The number of non-ortho nitro benzene ring substituents is 1. The zero-order valence-corrected chi connectivity index (χ0v) is 11.1. The molecule has 0 radical (unpaired) electrons. The fourth-order valence-corrected chi connectivity index (χ4v) is 2.14. The van der Waals surface area contributed by atoms with Crippen LogP contribution in [0.25, 0.3) is 11.3 Å². The number of nitro groups is 1. The van der Waals surface area contributed by atoms with Gasteiger partial charge in [-0.15, -0.1) is 11.3 Å². The van der Waals surface area contributed by atoms with Crippen molar-refractivity contribution in [1.29, 1.82) is 0 Å². The maximum absolute atomic E-state index is 10.6. The smallest absolute Gasteiger partial charge is 0.258 e. The Balaban J connectivity index is 2.07. The van der Waals surface area contributed by atoms with Crippen LogP contribution in [0.4, 0.5) is 5.69 Å². The number of nitro benzene ring substituents is 1. The second-order valence-electron chi connectivity index (χ2n) is 3.60. The molecule has 0 saturated heterocycles. The summed E-state index contributed by atoms with van der Waals surface area (Å²) in [5, 5.41) is 13.2. The van der Waals surface area contributed by atoms with Crippen molar-refractivity contribution in [1.82, 2.24) is 4.98 Å². The molecule has 100 valence electrons. The first kappa shape index (κ1) is 13.6. The predicted molar refractivity (Wildman–Crippen MR) is 70.6 cm³/mol. The van der Waals surface area contributed by atoms with Crippen molar-refractivity contribution in [2.45, 2.75) is 13.5 Å². The van der Waals surface area contributed by atoms with Gasteiger partial charge in [-0.3, -0.25) is 10.1 Å². The van der Waals surface area contributed by atoms with Gasteiger partial charge in [0.2, 0.25) is 0 Å². The lowest BCUT2D eigenvalue weighted by atomic mass is 10.1. The molecule has 0 saturated carbocycles. The van der Waals surface area contributed by atoms with Crippen LogP contribution in [0.3, 0.4) is 0 Å². The molecule has 0 spiro atoms. The van der Waals surface area contributed by atoms with E-state index in [1.807, 2.05) is 12.3 Å². The third kappa shape index (κ3) is 3.57. The molecule has 6 nitrogen and oxygen atoms in total. The van der Waals surface area contributed by atoms with Crippen LogP contribution in [0.15, 0.2) is 29.6 Å². The van der Waals surface area contributed by atoms with Crippen molar-refractivity contribution in [3.8, 4) is 11.3 Å². The summed E-state index contributed by atoms with van der Waals surface area (Å²) in [6.07, 6.45) is 0. The molecule has 1 aromatic heterocycles. The fraction of sp³-hybridized carbons (Fsp3) is 0.250. The van der Waals surface area contributed by atoms with E-state index in [1.54, 1.807) is 12.1 Å². The summed E-state index contributed by atoms with van der Waals surface area (Å²) in [5.41, 5.74) is 1.68. The number of hydrogen-bond acceptors (Lipinski definition) is 6. The Morgan fingerprint density at radius 1 is 1.32 bits per heavy atom. The van der Waals surface area contributed by atoms with E-state index in [9.17, 15) is 10.1 Å². The van der Waals surface area contributed by atoms with Gasteiger partial charge in [-0.2, -0.15) is 0 Å². The van der Waals surface area contributed by atoms with Crippen LogP contribution in [-0.2, 0) is 16.4 Å². The number of hydrogen-bond donors (Lipinski definition) is 0. The Bertz CT molecular complexity index is 553. The molecule has 2 aromatic rings. The average molecular weight is 280 g/mol. The summed E-state index contributed by atoms with van der Waals surface area (Å²) >= 11 is 1.46. The summed E-state index contributed by atoms with van der Waals surface area (Å²) in [4.78, 5) is 24.2. The molecule has 0 aliphatic carbocycles. The summed E-state index contributed by atoms with van der Waals surface area (Å²) in [6.45, 7) is 2.62. The van der Waals surface area contributed by atoms with Crippen LogP contribution in [0.2, 0.25) is 0 Å².